The standard InChI is InChI=1S/C6H13O6P/c1-3-5(7)6(8)4(12-3)2-11-13(9)10/h3-8,13H,2H2,1H3,(H,9,10)/t3-,4?,5-,6+/m0/s1. The molecule has 1 saturated heterocycles. The lowest BCUT2D eigenvalue weighted by Gasteiger charge is -2.13. The van der Waals surface area contributed by atoms with E-state index in [9.17, 15) is 14.8 Å². The van der Waals surface area contributed by atoms with Crippen LogP contribution in [-0.4, -0.2) is 46.1 Å². The monoisotopic (exact) mass is 212 g/mol. The van der Waals surface area contributed by atoms with Gasteiger partial charge < -0.3 is 24.4 Å². The maximum Gasteiger partial charge on any atom is 0.316 e. The molecule has 7 heteroatoms. The largest absolute Gasteiger partial charge is 0.388 e. The summed E-state index contributed by atoms with van der Waals surface area (Å²) in [5.41, 5.74) is 0. The van der Waals surface area contributed by atoms with Gasteiger partial charge in [0, 0.05) is 0 Å². The van der Waals surface area contributed by atoms with Gasteiger partial charge in [0.1, 0.15) is 18.3 Å². The van der Waals surface area contributed by atoms with Gasteiger partial charge in [0.15, 0.2) is 0 Å². The molecule has 0 radical (unpaired) electrons. The molecule has 0 aliphatic carbocycles. The molecule has 13 heavy (non-hydrogen) atoms. The van der Waals surface area contributed by atoms with Crippen molar-refractivity contribution in [3.05, 3.63) is 0 Å². The highest BCUT2D eigenvalue weighted by atomic mass is 31.1. The second-order valence-electron chi connectivity index (χ2n) is 2.94. The Morgan fingerprint density at radius 2 is 2.08 bits per heavy atom. The molecule has 0 aromatic carbocycles. The molecule has 5 atom stereocenters. The molecule has 2 unspecified atom stereocenters. The molecular weight excluding hydrogens is 199 g/mol. The second kappa shape index (κ2) is 4.50. The van der Waals surface area contributed by atoms with E-state index in [1.165, 1.54) is 0 Å². The maximum absolute atomic E-state index is 10.2. The molecule has 0 aromatic rings. The minimum atomic E-state index is -3.00. The highest BCUT2D eigenvalue weighted by molar-refractivity contribution is 7.32. The third-order valence-corrected chi connectivity index (χ3v) is 2.39. The zero-order chi connectivity index (χ0) is 10.0. The van der Waals surface area contributed by atoms with Crippen LogP contribution >= 0.6 is 8.25 Å². The minimum absolute atomic E-state index is 0.184. The molecule has 78 valence electrons. The van der Waals surface area contributed by atoms with Gasteiger partial charge in [-0.25, -0.2) is 0 Å². The lowest BCUT2D eigenvalue weighted by Crippen LogP contribution is -2.33. The van der Waals surface area contributed by atoms with Gasteiger partial charge in [-0.15, -0.1) is 0 Å². The molecule has 1 aliphatic heterocycles. The van der Waals surface area contributed by atoms with Gasteiger partial charge in [-0.05, 0) is 6.92 Å². The molecule has 1 aliphatic rings. The van der Waals surface area contributed by atoms with Crippen LogP contribution in [0.25, 0.3) is 0 Å². The molecular formula is C6H13O6P. The first-order valence-corrected chi connectivity index (χ1v) is 5.16. The van der Waals surface area contributed by atoms with Crippen molar-refractivity contribution in [2.24, 2.45) is 0 Å². The van der Waals surface area contributed by atoms with E-state index in [1.807, 2.05) is 0 Å². The number of rotatable bonds is 3. The minimum Gasteiger partial charge on any atom is -0.388 e. The Bertz CT molecular complexity index is 198. The molecule has 0 aromatic heterocycles. The summed E-state index contributed by atoms with van der Waals surface area (Å²) in [7, 11) is -3.00. The van der Waals surface area contributed by atoms with Crippen molar-refractivity contribution in [2.45, 2.75) is 31.3 Å². The summed E-state index contributed by atoms with van der Waals surface area (Å²) in [5, 5.41) is 18.6. The van der Waals surface area contributed by atoms with Gasteiger partial charge in [-0.1, -0.05) is 0 Å². The summed E-state index contributed by atoms with van der Waals surface area (Å²) in [6.07, 6.45) is -3.23. The normalized spacial score (nSPS) is 42.2. The van der Waals surface area contributed by atoms with Crippen LogP contribution in [0.15, 0.2) is 0 Å². The summed E-state index contributed by atoms with van der Waals surface area (Å²) in [6.45, 7) is 1.42. The maximum atomic E-state index is 10.2. The lowest BCUT2D eigenvalue weighted by molar-refractivity contribution is -0.0114. The van der Waals surface area contributed by atoms with Gasteiger partial charge in [0.05, 0.1) is 12.7 Å². The van der Waals surface area contributed by atoms with E-state index in [2.05, 4.69) is 4.52 Å². The third-order valence-electron chi connectivity index (χ3n) is 1.97. The van der Waals surface area contributed by atoms with Crippen LogP contribution in [0.5, 0.6) is 0 Å². The second-order valence-corrected chi connectivity index (χ2v) is 3.76. The number of hydrogen-bond donors (Lipinski definition) is 3. The predicted molar refractivity (Wildman–Crippen MR) is 43.5 cm³/mol. The Morgan fingerprint density at radius 3 is 2.46 bits per heavy atom. The summed E-state index contributed by atoms with van der Waals surface area (Å²) in [5.74, 6) is 0. The van der Waals surface area contributed by atoms with Gasteiger partial charge in [0.25, 0.3) is 0 Å². The van der Waals surface area contributed by atoms with Crippen LogP contribution in [0.2, 0.25) is 0 Å². The van der Waals surface area contributed by atoms with Crippen LogP contribution in [0.4, 0.5) is 0 Å². The van der Waals surface area contributed by atoms with E-state index in [0.29, 0.717) is 0 Å². The molecule has 0 saturated carbocycles. The molecule has 6 nitrogen and oxygen atoms in total. The number of hydrogen-bond acceptors (Lipinski definition) is 5. The van der Waals surface area contributed by atoms with Gasteiger partial charge in [-0.2, -0.15) is 0 Å². The predicted octanol–water partition coefficient (Wildman–Crippen LogP) is -1.11. The topological polar surface area (TPSA) is 96.2 Å². The number of ether oxygens (including phenoxy) is 1. The van der Waals surface area contributed by atoms with Crippen LogP contribution in [0.3, 0.4) is 0 Å². The molecule has 3 N–H and O–H groups in total. The van der Waals surface area contributed by atoms with E-state index in [4.69, 9.17) is 9.63 Å². The van der Waals surface area contributed by atoms with Crippen molar-refractivity contribution < 1.29 is 28.9 Å². The van der Waals surface area contributed by atoms with E-state index in [0.717, 1.165) is 0 Å². The van der Waals surface area contributed by atoms with E-state index in [-0.39, 0.29) is 6.61 Å². The van der Waals surface area contributed by atoms with Crippen molar-refractivity contribution >= 4 is 8.25 Å². The third kappa shape index (κ3) is 2.74. The number of aliphatic hydroxyl groups excluding tert-OH is 2. The fourth-order valence-electron chi connectivity index (χ4n) is 1.23. The zero-order valence-corrected chi connectivity index (χ0v) is 8.08. The summed E-state index contributed by atoms with van der Waals surface area (Å²) >= 11 is 0. The van der Waals surface area contributed by atoms with Gasteiger partial charge in [-0.3, -0.25) is 4.57 Å². The van der Waals surface area contributed by atoms with Crippen molar-refractivity contribution in [3.8, 4) is 0 Å². The van der Waals surface area contributed by atoms with Crippen molar-refractivity contribution in [3.63, 3.8) is 0 Å². The van der Waals surface area contributed by atoms with E-state index in [1.54, 1.807) is 6.92 Å². The first kappa shape index (κ1) is 11.1. The Kier molecular flexibility index (Phi) is 3.85. The number of aliphatic hydroxyl groups is 2. The smallest absolute Gasteiger partial charge is 0.316 e. The van der Waals surface area contributed by atoms with Crippen LogP contribution in [0, 0.1) is 0 Å². The molecule has 0 amide bonds. The van der Waals surface area contributed by atoms with Crippen molar-refractivity contribution in [1.29, 1.82) is 0 Å². The van der Waals surface area contributed by atoms with Crippen LogP contribution in [0.1, 0.15) is 6.92 Å². The molecule has 1 fully saturated rings. The summed E-state index contributed by atoms with van der Waals surface area (Å²) in [6, 6.07) is 0. The Hall–Kier alpha value is 0.0300. The zero-order valence-electron chi connectivity index (χ0n) is 7.08. The average molecular weight is 212 g/mol. The summed E-state index contributed by atoms with van der Waals surface area (Å²) < 4.78 is 19.7. The molecule has 1 heterocycles. The quantitative estimate of drug-likeness (QED) is 0.513. The van der Waals surface area contributed by atoms with Crippen LogP contribution < -0.4 is 0 Å². The molecule has 0 bridgehead atoms. The fourth-order valence-corrected chi connectivity index (χ4v) is 1.53. The summed E-state index contributed by atoms with van der Waals surface area (Å²) in [4.78, 5) is 8.36. The Labute approximate surface area is 76.0 Å². The van der Waals surface area contributed by atoms with E-state index >= 15 is 0 Å². The lowest BCUT2D eigenvalue weighted by atomic mass is 10.1. The molecule has 1 rings (SSSR count). The highest BCUT2D eigenvalue weighted by Crippen LogP contribution is 2.24. The van der Waals surface area contributed by atoms with Crippen molar-refractivity contribution in [1.82, 2.24) is 0 Å². The SMILES string of the molecule is C[C@@H]1OC(CO[PH](=O)O)[C@@H](O)[C@H]1O. The first-order valence-electron chi connectivity index (χ1n) is 3.89. The van der Waals surface area contributed by atoms with E-state index < -0.39 is 32.7 Å². The Morgan fingerprint density at radius 1 is 1.46 bits per heavy atom. The first-order chi connectivity index (χ1) is 6.02. The van der Waals surface area contributed by atoms with Gasteiger partial charge >= 0.3 is 8.25 Å². The fraction of sp³-hybridized carbons (Fsp3) is 1.00. The van der Waals surface area contributed by atoms with Gasteiger partial charge in [0.2, 0.25) is 0 Å². The average Bonchev–Trinajstić information content (AvgIpc) is 2.29. The molecule has 0 spiro atoms. The van der Waals surface area contributed by atoms with Crippen LogP contribution in [-0.2, 0) is 13.8 Å². The Balaban J connectivity index is 2.40. The highest BCUT2D eigenvalue weighted by Gasteiger charge is 2.40. The van der Waals surface area contributed by atoms with Crippen molar-refractivity contribution in [2.75, 3.05) is 6.61 Å².